The van der Waals surface area contributed by atoms with E-state index in [1.54, 1.807) is 32.9 Å². The highest BCUT2D eigenvalue weighted by molar-refractivity contribution is 5.97. The summed E-state index contributed by atoms with van der Waals surface area (Å²) in [6.45, 7) is 5.22. The van der Waals surface area contributed by atoms with Gasteiger partial charge in [-0.3, -0.25) is 0 Å². The Morgan fingerprint density at radius 3 is 2.84 bits per heavy atom. The third kappa shape index (κ3) is 2.36. The fourth-order valence-corrected chi connectivity index (χ4v) is 1.86. The number of hydrogen-bond donors (Lipinski definition) is 0. The zero-order valence-corrected chi connectivity index (χ0v) is 11.0. The maximum atomic E-state index is 13.6. The highest BCUT2D eigenvalue weighted by Gasteiger charge is 2.24. The van der Waals surface area contributed by atoms with Crippen molar-refractivity contribution in [3.05, 3.63) is 40.9 Å². The lowest BCUT2D eigenvalue weighted by Gasteiger charge is -2.06. The minimum Gasteiger partial charge on any atom is -0.462 e. The van der Waals surface area contributed by atoms with Gasteiger partial charge >= 0.3 is 5.97 Å². The molecule has 19 heavy (non-hydrogen) atoms. The second-order valence-corrected chi connectivity index (χ2v) is 4.10. The lowest BCUT2D eigenvalue weighted by atomic mass is 10.0. The summed E-state index contributed by atoms with van der Waals surface area (Å²) in [5.74, 6) is -0.509. The molecule has 0 aliphatic heterocycles. The van der Waals surface area contributed by atoms with Crippen molar-refractivity contribution in [2.75, 3.05) is 6.61 Å². The fraction of sp³-hybridized carbons (Fsp3) is 0.286. The van der Waals surface area contributed by atoms with E-state index in [-0.39, 0.29) is 18.0 Å². The molecule has 0 N–H and O–H groups in total. The number of carbonyl (C=O) groups excluding carboxylic acids is 1. The van der Waals surface area contributed by atoms with Gasteiger partial charge in [-0.15, -0.1) is 0 Å². The predicted molar refractivity (Wildman–Crippen MR) is 67.3 cm³/mol. The Labute approximate surface area is 110 Å². The lowest BCUT2D eigenvalue weighted by Crippen LogP contribution is -2.07. The first-order valence-corrected chi connectivity index (χ1v) is 5.95. The molecule has 1 heterocycles. The quantitative estimate of drug-likeness (QED) is 0.797. The summed E-state index contributed by atoms with van der Waals surface area (Å²) in [5, 5.41) is 3.85. The zero-order valence-electron chi connectivity index (χ0n) is 11.0. The van der Waals surface area contributed by atoms with Gasteiger partial charge < -0.3 is 9.26 Å². The standard InChI is InChI=1S/C14H14FNO3/c1-4-18-14(17)12-9(3)19-16-13(12)10-6-5-7-11(15)8(10)2/h5-7H,4H2,1-3H3. The molecule has 0 amide bonds. The molecular formula is C14H14FNO3. The first-order chi connectivity index (χ1) is 9.06. The molecule has 2 aromatic rings. The second-order valence-electron chi connectivity index (χ2n) is 4.10. The molecule has 5 heteroatoms. The smallest absolute Gasteiger partial charge is 0.344 e. The van der Waals surface area contributed by atoms with E-state index >= 15 is 0 Å². The van der Waals surface area contributed by atoms with Crippen molar-refractivity contribution >= 4 is 5.97 Å². The van der Waals surface area contributed by atoms with Crippen LogP contribution in [-0.2, 0) is 4.74 Å². The van der Waals surface area contributed by atoms with Crippen molar-refractivity contribution in [2.45, 2.75) is 20.8 Å². The van der Waals surface area contributed by atoms with Gasteiger partial charge in [0.1, 0.15) is 22.8 Å². The summed E-state index contributed by atoms with van der Waals surface area (Å²) in [5.41, 5.74) is 1.50. The van der Waals surface area contributed by atoms with Crippen molar-refractivity contribution in [3.8, 4) is 11.3 Å². The van der Waals surface area contributed by atoms with Crippen molar-refractivity contribution < 1.29 is 18.4 Å². The van der Waals surface area contributed by atoms with Crippen LogP contribution in [0.4, 0.5) is 4.39 Å². The molecule has 0 aliphatic carbocycles. The summed E-state index contributed by atoms with van der Waals surface area (Å²) in [7, 11) is 0. The van der Waals surface area contributed by atoms with Crippen LogP contribution in [0, 0.1) is 19.7 Å². The van der Waals surface area contributed by atoms with Crippen LogP contribution in [0.1, 0.15) is 28.6 Å². The van der Waals surface area contributed by atoms with E-state index in [1.165, 1.54) is 6.07 Å². The number of carbonyl (C=O) groups is 1. The molecule has 100 valence electrons. The normalized spacial score (nSPS) is 10.5. The van der Waals surface area contributed by atoms with E-state index in [1.807, 2.05) is 0 Å². The van der Waals surface area contributed by atoms with Crippen LogP contribution in [-0.4, -0.2) is 17.7 Å². The van der Waals surface area contributed by atoms with E-state index in [0.29, 0.717) is 22.6 Å². The first-order valence-electron chi connectivity index (χ1n) is 5.95. The largest absolute Gasteiger partial charge is 0.462 e. The van der Waals surface area contributed by atoms with Crippen LogP contribution < -0.4 is 0 Å². The molecule has 1 aromatic carbocycles. The minimum atomic E-state index is -0.514. The molecule has 0 unspecified atom stereocenters. The first kappa shape index (κ1) is 13.3. The molecule has 2 rings (SSSR count). The lowest BCUT2D eigenvalue weighted by molar-refractivity contribution is 0.0525. The van der Waals surface area contributed by atoms with Crippen molar-refractivity contribution in [1.82, 2.24) is 5.16 Å². The third-order valence-electron chi connectivity index (χ3n) is 2.87. The highest BCUT2D eigenvalue weighted by atomic mass is 19.1. The fourth-order valence-electron chi connectivity index (χ4n) is 1.86. The van der Waals surface area contributed by atoms with Crippen LogP contribution in [0.3, 0.4) is 0 Å². The van der Waals surface area contributed by atoms with Gasteiger partial charge in [0.15, 0.2) is 0 Å². The molecule has 0 spiro atoms. The van der Waals surface area contributed by atoms with E-state index in [4.69, 9.17) is 9.26 Å². The summed E-state index contributed by atoms with van der Waals surface area (Å²) in [6.07, 6.45) is 0. The van der Waals surface area contributed by atoms with E-state index in [9.17, 15) is 9.18 Å². The van der Waals surface area contributed by atoms with Crippen molar-refractivity contribution in [2.24, 2.45) is 0 Å². The number of esters is 1. The third-order valence-corrected chi connectivity index (χ3v) is 2.87. The van der Waals surface area contributed by atoms with Crippen LogP contribution >= 0.6 is 0 Å². The van der Waals surface area contributed by atoms with Gasteiger partial charge in [0.05, 0.1) is 6.61 Å². The molecule has 0 fully saturated rings. The Balaban J connectivity index is 2.57. The maximum Gasteiger partial charge on any atom is 0.344 e. The summed E-state index contributed by atoms with van der Waals surface area (Å²) < 4.78 is 23.6. The number of rotatable bonds is 3. The number of nitrogens with zero attached hydrogens (tertiary/aromatic N) is 1. The van der Waals surface area contributed by atoms with E-state index in [2.05, 4.69) is 5.16 Å². The van der Waals surface area contributed by atoms with Gasteiger partial charge in [-0.1, -0.05) is 17.3 Å². The molecule has 1 aromatic heterocycles. The predicted octanol–water partition coefficient (Wildman–Crippen LogP) is 3.27. The number of halogens is 1. The second kappa shape index (κ2) is 5.22. The molecular weight excluding hydrogens is 249 g/mol. The number of aromatic nitrogens is 1. The number of hydrogen-bond acceptors (Lipinski definition) is 4. The Bertz CT molecular complexity index is 619. The molecule has 0 bridgehead atoms. The summed E-state index contributed by atoms with van der Waals surface area (Å²) in [6, 6.07) is 4.62. The van der Waals surface area contributed by atoms with Gasteiger partial charge in [0.25, 0.3) is 0 Å². The van der Waals surface area contributed by atoms with Gasteiger partial charge in [-0.05, 0) is 32.4 Å². The summed E-state index contributed by atoms with van der Waals surface area (Å²) in [4.78, 5) is 11.9. The Hall–Kier alpha value is -2.17. The molecule has 4 nitrogen and oxygen atoms in total. The average molecular weight is 263 g/mol. The molecule has 0 saturated carbocycles. The van der Waals surface area contributed by atoms with Crippen LogP contribution in [0.25, 0.3) is 11.3 Å². The Morgan fingerprint density at radius 1 is 1.42 bits per heavy atom. The van der Waals surface area contributed by atoms with Crippen LogP contribution in [0.5, 0.6) is 0 Å². The number of benzene rings is 1. The maximum absolute atomic E-state index is 13.6. The van der Waals surface area contributed by atoms with E-state index < -0.39 is 5.97 Å². The van der Waals surface area contributed by atoms with Crippen molar-refractivity contribution in [1.29, 1.82) is 0 Å². The number of aryl methyl sites for hydroxylation is 1. The highest BCUT2D eigenvalue weighted by Crippen LogP contribution is 2.29. The van der Waals surface area contributed by atoms with Crippen molar-refractivity contribution in [3.63, 3.8) is 0 Å². The average Bonchev–Trinajstić information content (AvgIpc) is 2.75. The Kier molecular flexibility index (Phi) is 3.64. The van der Waals surface area contributed by atoms with Gasteiger partial charge in [0.2, 0.25) is 0 Å². The Morgan fingerprint density at radius 2 is 2.16 bits per heavy atom. The molecule has 0 saturated heterocycles. The molecule has 0 radical (unpaired) electrons. The van der Waals surface area contributed by atoms with Gasteiger partial charge in [0, 0.05) is 5.56 Å². The monoisotopic (exact) mass is 263 g/mol. The van der Waals surface area contributed by atoms with Crippen LogP contribution in [0.2, 0.25) is 0 Å². The molecule has 0 aliphatic rings. The van der Waals surface area contributed by atoms with Gasteiger partial charge in [-0.25, -0.2) is 9.18 Å². The minimum absolute atomic E-state index is 0.246. The van der Waals surface area contributed by atoms with E-state index in [0.717, 1.165) is 0 Å². The summed E-state index contributed by atoms with van der Waals surface area (Å²) >= 11 is 0. The topological polar surface area (TPSA) is 52.3 Å². The number of ether oxygens (including phenoxy) is 1. The SMILES string of the molecule is CCOC(=O)c1c(-c2cccc(F)c2C)noc1C. The molecule has 0 atom stereocenters. The van der Waals surface area contributed by atoms with Crippen LogP contribution in [0.15, 0.2) is 22.7 Å². The van der Waals surface area contributed by atoms with Gasteiger partial charge in [-0.2, -0.15) is 0 Å². The zero-order chi connectivity index (χ0) is 14.0.